The average molecular weight is 301 g/mol. The molecule has 0 amide bonds. The SMILES string of the molecule is O=Cc1cc(CCCBr)cc(C(O)C(=O)O)c1. The number of benzene rings is 1. The average Bonchev–Trinajstić information content (AvgIpc) is 2.34. The molecule has 0 aliphatic heterocycles. The fourth-order valence-electron chi connectivity index (χ4n) is 1.53. The highest BCUT2D eigenvalue weighted by Gasteiger charge is 2.17. The Morgan fingerprint density at radius 3 is 2.65 bits per heavy atom. The van der Waals surface area contributed by atoms with Gasteiger partial charge in [-0.25, -0.2) is 4.79 Å². The molecular formula is C12H13BrO4. The number of carbonyl (C=O) groups excluding carboxylic acids is 1. The van der Waals surface area contributed by atoms with Crippen molar-refractivity contribution < 1.29 is 19.8 Å². The second kappa shape index (κ2) is 6.51. The molecule has 0 saturated carbocycles. The molecule has 1 atom stereocenters. The van der Waals surface area contributed by atoms with E-state index in [9.17, 15) is 14.7 Å². The third kappa shape index (κ3) is 3.94. The van der Waals surface area contributed by atoms with Gasteiger partial charge in [-0.2, -0.15) is 0 Å². The summed E-state index contributed by atoms with van der Waals surface area (Å²) < 4.78 is 0. The van der Waals surface area contributed by atoms with Crippen LogP contribution in [0.15, 0.2) is 18.2 Å². The Labute approximate surface area is 107 Å². The lowest BCUT2D eigenvalue weighted by atomic mass is 10.00. The van der Waals surface area contributed by atoms with Crippen LogP contribution in [0.3, 0.4) is 0 Å². The number of carboxylic acid groups (broad SMARTS) is 1. The van der Waals surface area contributed by atoms with Crippen LogP contribution in [0.4, 0.5) is 0 Å². The first-order chi connectivity index (χ1) is 8.08. The summed E-state index contributed by atoms with van der Waals surface area (Å²) in [6.07, 6.45) is 0.671. The number of halogens is 1. The molecule has 1 unspecified atom stereocenters. The first-order valence-electron chi connectivity index (χ1n) is 5.14. The summed E-state index contributed by atoms with van der Waals surface area (Å²) in [6, 6.07) is 4.71. The van der Waals surface area contributed by atoms with E-state index in [1.54, 1.807) is 12.1 Å². The first-order valence-corrected chi connectivity index (χ1v) is 6.26. The number of rotatable bonds is 6. The van der Waals surface area contributed by atoms with Crippen molar-refractivity contribution in [2.24, 2.45) is 0 Å². The van der Waals surface area contributed by atoms with Gasteiger partial charge in [0.05, 0.1) is 0 Å². The predicted molar refractivity (Wildman–Crippen MR) is 66.5 cm³/mol. The lowest BCUT2D eigenvalue weighted by Gasteiger charge is -2.09. The summed E-state index contributed by atoms with van der Waals surface area (Å²) in [5.74, 6) is -1.32. The van der Waals surface area contributed by atoms with Crippen LogP contribution in [0, 0.1) is 0 Å². The number of carbonyl (C=O) groups is 2. The normalized spacial score (nSPS) is 12.1. The molecule has 0 aliphatic rings. The maximum atomic E-state index is 10.7. The topological polar surface area (TPSA) is 74.6 Å². The summed E-state index contributed by atoms with van der Waals surface area (Å²) in [6.45, 7) is 0. The molecular weight excluding hydrogens is 288 g/mol. The predicted octanol–water partition coefficient (Wildman–Crippen LogP) is 1.94. The van der Waals surface area contributed by atoms with E-state index in [4.69, 9.17) is 5.11 Å². The fourth-order valence-corrected chi connectivity index (χ4v) is 1.81. The highest BCUT2D eigenvalue weighted by molar-refractivity contribution is 9.09. The molecule has 0 spiro atoms. The lowest BCUT2D eigenvalue weighted by molar-refractivity contribution is -0.146. The summed E-state index contributed by atoms with van der Waals surface area (Å²) in [5.41, 5.74) is 1.48. The van der Waals surface area contributed by atoms with Crippen LogP contribution in [0.25, 0.3) is 0 Å². The van der Waals surface area contributed by atoms with Gasteiger partial charge in [-0.1, -0.05) is 22.0 Å². The molecule has 17 heavy (non-hydrogen) atoms. The van der Waals surface area contributed by atoms with Crippen molar-refractivity contribution in [1.29, 1.82) is 0 Å². The van der Waals surface area contributed by atoms with Crippen molar-refractivity contribution in [3.05, 3.63) is 34.9 Å². The van der Waals surface area contributed by atoms with Gasteiger partial charge in [-0.05, 0) is 36.1 Å². The maximum Gasteiger partial charge on any atom is 0.337 e. The molecule has 1 rings (SSSR count). The molecule has 1 aromatic rings. The highest BCUT2D eigenvalue weighted by Crippen LogP contribution is 2.18. The van der Waals surface area contributed by atoms with Gasteiger partial charge >= 0.3 is 5.97 Å². The quantitative estimate of drug-likeness (QED) is 0.622. The van der Waals surface area contributed by atoms with Gasteiger partial charge in [-0.15, -0.1) is 0 Å². The van der Waals surface area contributed by atoms with Crippen LogP contribution in [0.1, 0.15) is 34.0 Å². The smallest absolute Gasteiger partial charge is 0.337 e. The van der Waals surface area contributed by atoms with Crippen LogP contribution in [-0.2, 0) is 11.2 Å². The number of aldehydes is 1. The molecule has 5 heteroatoms. The van der Waals surface area contributed by atoms with Crippen molar-refractivity contribution in [1.82, 2.24) is 0 Å². The van der Waals surface area contributed by atoms with Gasteiger partial charge in [0, 0.05) is 10.9 Å². The number of hydrogen-bond acceptors (Lipinski definition) is 3. The van der Waals surface area contributed by atoms with E-state index in [1.807, 2.05) is 0 Å². The number of aliphatic hydroxyl groups is 1. The van der Waals surface area contributed by atoms with Crippen molar-refractivity contribution in [2.75, 3.05) is 5.33 Å². The first kappa shape index (κ1) is 13.9. The van der Waals surface area contributed by atoms with E-state index in [0.717, 1.165) is 23.7 Å². The van der Waals surface area contributed by atoms with Crippen LogP contribution in [0.2, 0.25) is 0 Å². The largest absolute Gasteiger partial charge is 0.479 e. The molecule has 0 saturated heterocycles. The van der Waals surface area contributed by atoms with Crippen LogP contribution in [0.5, 0.6) is 0 Å². The van der Waals surface area contributed by atoms with Crippen LogP contribution >= 0.6 is 15.9 Å². The molecule has 0 heterocycles. The lowest BCUT2D eigenvalue weighted by Crippen LogP contribution is -2.11. The summed E-state index contributed by atoms with van der Waals surface area (Å²) in [5, 5.41) is 19.0. The van der Waals surface area contributed by atoms with E-state index in [1.165, 1.54) is 6.07 Å². The number of alkyl halides is 1. The van der Waals surface area contributed by atoms with Crippen molar-refractivity contribution >= 4 is 28.2 Å². The van der Waals surface area contributed by atoms with Gasteiger partial charge in [0.25, 0.3) is 0 Å². The maximum absolute atomic E-state index is 10.7. The zero-order valence-corrected chi connectivity index (χ0v) is 10.7. The van der Waals surface area contributed by atoms with E-state index < -0.39 is 12.1 Å². The van der Waals surface area contributed by atoms with E-state index in [2.05, 4.69) is 15.9 Å². The molecule has 0 radical (unpaired) electrons. The third-order valence-electron chi connectivity index (χ3n) is 2.32. The number of aliphatic carboxylic acids is 1. The monoisotopic (exact) mass is 300 g/mol. The standard InChI is InChI=1S/C12H13BrO4/c13-3-1-2-8-4-9(7-14)6-10(5-8)11(15)12(16)17/h4-7,11,15H,1-3H2,(H,16,17). The summed E-state index contributed by atoms with van der Waals surface area (Å²) in [7, 11) is 0. The summed E-state index contributed by atoms with van der Waals surface area (Å²) in [4.78, 5) is 21.4. The third-order valence-corrected chi connectivity index (χ3v) is 2.88. The van der Waals surface area contributed by atoms with Crippen molar-refractivity contribution in [2.45, 2.75) is 18.9 Å². The van der Waals surface area contributed by atoms with Gasteiger partial charge in [0.15, 0.2) is 6.10 Å². The second-order valence-electron chi connectivity index (χ2n) is 3.66. The molecule has 1 aromatic carbocycles. The van der Waals surface area contributed by atoms with Crippen LogP contribution < -0.4 is 0 Å². The Balaban J connectivity index is 3.04. The fraction of sp³-hybridized carbons (Fsp3) is 0.333. The van der Waals surface area contributed by atoms with Crippen LogP contribution in [-0.4, -0.2) is 27.8 Å². The number of hydrogen-bond donors (Lipinski definition) is 2. The minimum absolute atomic E-state index is 0.242. The van der Waals surface area contributed by atoms with Gasteiger partial charge in [-0.3, -0.25) is 4.79 Å². The Kier molecular flexibility index (Phi) is 5.31. The zero-order chi connectivity index (χ0) is 12.8. The molecule has 0 aliphatic carbocycles. The Bertz CT molecular complexity index is 417. The Morgan fingerprint density at radius 2 is 2.12 bits per heavy atom. The molecule has 0 fully saturated rings. The van der Waals surface area contributed by atoms with E-state index in [-0.39, 0.29) is 5.56 Å². The Morgan fingerprint density at radius 1 is 1.41 bits per heavy atom. The molecule has 92 valence electrons. The number of aliphatic hydroxyl groups excluding tert-OH is 1. The summed E-state index contributed by atoms with van der Waals surface area (Å²) >= 11 is 3.30. The number of aryl methyl sites for hydroxylation is 1. The van der Waals surface area contributed by atoms with Crippen molar-refractivity contribution in [3.8, 4) is 0 Å². The minimum atomic E-state index is -1.59. The van der Waals surface area contributed by atoms with Gasteiger partial charge < -0.3 is 10.2 Å². The van der Waals surface area contributed by atoms with Gasteiger partial charge in [0.2, 0.25) is 0 Å². The van der Waals surface area contributed by atoms with Crippen molar-refractivity contribution in [3.63, 3.8) is 0 Å². The minimum Gasteiger partial charge on any atom is -0.479 e. The Hall–Kier alpha value is -1.20. The highest BCUT2D eigenvalue weighted by atomic mass is 79.9. The number of carboxylic acids is 1. The van der Waals surface area contributed by atoms with E-state index in [0.29, 0.717) is 11.8 Å². The van der Waals surface area contributed by atoms with E-state index >= 15 is 0 Å². The van der Waals surface area contributed by atoms with Gasteiger partial charge in [0.1, 0.15) is 6.29 Å². The molecule has 0 bridgehead atoms. The molecule has 0 aromatic heterocycles. The zero-order valence-electron chi connectivity index (χ0n) is 9.10. The second-order valence-corrected chi connectivity index (χ2v) is 4.45. The molecule has 2 N–H and O–H groups in total. The molecule has 4 nitrogen and oxygen atoms in total.